The highest BCUT2D eigenvalue weighted by molar-refractivity contribution is 6.14. The highest BCUT2D eigenvalue weighted by Gasteiger charge is 2.24. The van der Waals surface area contributed by atoms with E-state index in [-0.39, 0.29) is 0 Å². The lowest BCUT2D eigenvalue weighted by atomic mass is 10.0. The second kappa shape index (κ2) is 17.3. The minimum Gasteiger partial charge on any atom is -0.309 e. The second-order valence-electron chi connectivity index (χ2n) is 19.2. The summed E-state index contributed by atoms with van der Waals surface area (Å²) in [5, 5.41) is 7.12. The van der Waals surface area contributed by atoms with E-state index in [0.29, 0.717) is 17.5 Å². The number of benzene rings is 11. The van der Waals surface area contributed by atoms with Crippen LogP contribution in [0.5, 0.6) is 0 Å². The third-order valence-corrected chi connectivity index (χ3v) is 14.9. The number of para-hydroxylation sites is 3. The van der Waals surface area contributed by atoms with Crippen molar-refractivity contribution in [2.75, 3.05) is 0 Å². The van der Waals surface area contributed by atoms with Crippen LogP contribution in [-0.2, 0) is 0 Å². The van der Waals surface area contributed by atoms with Crippen LogP contribution in [0.1, 0.15) is 0 Å². The second-order valence-corrected chi connectivity index (χ2v) is 19.2. The number of fused-ring (bicyclic) bond motifs is 9. The summed E-state index contributed by atoms with van der Waals surface area (Å²) in [6.07, 6.45) is 0. The quantitative estimate of drug-likeness (QED) is 0.152. The van der Waals surface area contributed by atoms with Crippen molar-refractivity contribution in [2.24, 2.45) is 0 Å². The molecule has 0 amide bonds. The monoisotopic (exact) mass is 956 g/mol. The molecule has 0 aliphatic rings. The van der Waals surface area contributed by atoms with Crippen LogP contribution in [-0.4, -0.2) is 28.7 Å². The summed E-state index contributed by atoms with van der Waals surface area (Å²) in [4.78, 5) is 15.6. The topological polar surface area (TPSA) is 53.5 Å². The zero-order valence-electron chi connectivity index (χ0n) is 40.6. The fourth-order valence-electron chi connectivity index (χ4n) is 11.4. The van der Waals surface area contributed by atoms with E-state index >= 15 is 0 Å². The predicted molar refractivity (Wildman–Crippen MR) is 310 cm³/mol. The fraction of sp³-hybridized carbons (Fsp3) is 0. The van der Waals surface area contributed by atoms with Crippen LogP contribution in [0.25, 0.3) is 139 Å². The van der Waals surface area contributed by atoms with Gasteiger partial charge in [-0.25, -0.2) is 15.0 Å². The van der Waals surface area contributed by atoms with Gasteiger partial charge in [-0.1, -0.05) is 194 Å². The predicted octanol–water partition coefficient (Wildman–Crippen LogP) is 17.5. The Bertz CT molecular complexity index is 4480. The molecule has 0 unspecified atom stereocenters. The molecule has 0 saturated carbocycles. The lowest BCUT2D eigenvalue weighted by molar-refractivity contribution is 1.06. The Balaban J connectivity index is 1.05. The Kier molecular flexibility index (Phi) is 9.78. The van der Waals surface area contributed by atoms with Gasteiger partial charge >= 0.3 is 0 Å². The van der Waals surface area contributed by atoms with Crippen LogP contribution in [0.2, 0.25) is 0 Å². The summed E-state index contributed by atoms with van der Waals surface area (Å²) >= 11 is 0. The van der Waals surface area contributed by atoms with Crippen molar-refractivity contribution in [2.45, 2.75) is 0 Å². The molecule has 0 aliphatic heterocycles. The number of aromatic nitrogens is 6. The molecular formula is C69H44N6. The zero-order valence-corrected chi connectivity index (χ0v) is 40.6. The minimum atomic E-state index is 0.587. The van der Waals surface area contributed by atoms with Gasteiger partial charge in [0, 0.05) is 54.7 Å². The third kappa shape index (κ3) is 6.99. The van der Waals surface area contributed by atoms with Gasteiger partial charge in [0.2, 0.25) is 0 Å². The molecule has 0 aliphatic carbocycles. The van der Waals surface area contributed by atoms with Crippen molar-refractivity contribution in [3.05, 3.63) is 267 Å². The molecule has 0 spiro atoms. The lowest BCUT2D eigenvalue weighted by Gasteiger charge is -2.19. The average molecular weight is 957 g/mol. The van der Waals surface area contributed by atoms with E-state index in [4.69, 9.17) is 15.0 Å². The van der Waals surface area contributed by atoms with Crippen molar-refractivity contribution < 1.29 is 0 Å². The summed E-state index contributed by atoms with van der Waals surface area (Å²) in [5.41, 5.74) is 17.2. The lowest BCUT2D eigenvalue weighted by Crippen LogP contribution is -2.05. The molecule has 4 aromatic heterocycles. The summed E-state index contributed by atoms with van der Waals surface area (Å²) in [5.74, 6) is 1.82. The van der Waals surface area contributed by atoms with Gasteiger partial charge < -0.3 is 13.7 Å². The molecule has 15 aromatic rings. The van der Waals surface area contributed by atoms with E-state index in [1.165, 1.54) is 43.8 Å². The third-order valence-electron chi connectivity index (χ3n) is 14.9. The van der Waals surface area contributed by atoms with Gasteiger partial charge in [-0.15, -0.1) is 0 Å². The first-order chi connectivity index (χ1) is 37.2. The first kappa shape index (κ1) is 42.5. The highest BCUT2D eigenvalue weighted by Crippen LogP contribution is 2.43. The van der Waals surface area contributed by atoms with Crippen LogP contribution in [0, 0.1) is 0 Å². The number of rotatable bonds is 8. The SMILES string of the molecule is c1ccc(-c2ccc3c(c2)c2cc(-c4ccccc4)ccc2n3-c2ccc(-c3nc(-c4ccccc4)nc(-c4ccccc4)n3)cc2-n2c3ccccc3c3ccc(-n4c5ccccc5c5ccccc54)cc32)cc1. The molecule has 15 rings (SSSR count). The highest BCUT2D eigenvalue weighted by atomic mass is 15.1. The summed E-state index contributed by atoms with van der Waals surface area (Å²) in [7, 11) is 0. The van der Waals surface area contributed by atoms with Gasteiger partial charge in [0.15, 0.2) is 17.5 Å². The molecule has 6 nitrogen and oxygen atoms in total. The van der Waals surface area contributed by atoms with Crippen molar-refractivity contribution >= 4 is 65.4 Å². The van der Waals surface area contributed by atoms with E-state index in [1.807, 2.05) is 36.4 Å². The van der Waals surface area contributed by atoms with Gasteiger partial charge in [0.25, 0.3) is 0 Å². The molecule has 0 N–H and O–H groups in total. The molecule has 0 bridgehead atoms. The Morgan fingerprint density at radius 3 is 1.07 bits per heavy atom. The first-order valence-corrected chi connectivity index (χ1v) is 25.4. The number of nitrogens with zero attached hydrogens (tertiary/aromatic N) is 6. The maximum Gasteiger partial charge on any atom is 0.164 e. The summed E-state index contributed by atoms with van der Waals surface area (Å²) < 4.78 is 7.33. The van der Waals surface area contributed by atoms with Gasteiger partial charge in [-0.05, 0) is 95.1 Å². The largest absolute Gasteiger partial charge is 0.309 e. The molecule has 4 heterocycles. The van der Waals surface area contributed by atoms with E-state index in [2.05, 4.69) is 244 Å². The summed E-state index contributed by atoms with van der Waals surface area (Å²) in [6, 6.07) is 95.6. The van der Waals surface area contributed by atoms with Crippen LogP contribution in [0.3, 0.4) is 0 Å². The normalized spacial score (nSPS) is 11.7. The maximum absolute atomic E-state index is 5.28. The van der Waals surface area contributed by atoms with Crippen molar-refractivity contribution in [3.63, 3.8) is 0 Å². The van der Waals surface area contributed by atoms with Crippen molar-refractivity contribution in [3.8, 4) is 73.5 Å². The molecule has 6 heteroatoms. The van der Waals surface area contributed by atoms with Crippen LogP contribution >= 0.6 is 0 Å². The molecular weight excluding hydrogens is 913 g/mol. The van der Waals surface area contributed by atoms with Gasteiger partial charge in [-0.3, -0.25) is 0 Å². The number of hydrogen-bond donors (Lipinski definition) is 0. The molecule has 0 atom stereocenters. The average Bonchev–Trinajstić information content (AvgIpc) is 4.19. The van der Waals surface area contributed by atoms with Gasteiger partial charge in [0.1, 0.15) is 0 Å². The minimum absolute atomic E-state index is 0.587. The standard InChI is InChI=1S/C69H44N6/c1-5-19-45(20-6-1)49-33-38-62-57(41-49)58-42-50(46-21-7-2-8-22-46)34-39-63(58)74(62)64-40-35-51(69-71-67(47-23-9-3-10-24-47)70-68(72-69)48-25-11-4-12-26-48)43-66(64)75-61-32-18-15-29-55(61)56-37-36-52(44-65(56)75)73-59-30-16-13-27-53(59)54-28-14-17-31-60(54)73/h1-44H. The van der Waals surface area contributed by atoms with Crippen LogP contribution in [0.4, 0.5) is 0 Å². The first-order valence-electron chi connectivity index (χ1n) is 25.4. The molecule has 0 radical (unpaired) electrons. The van der Waals surface area contributed by atoms with Gasteiger partial charge in [0.05, 0.1) is 44.5 Å². The Morgan fingerprint density at radius 1 is 0.200 bits per heavy atom. The molecule has 0 fully saturated rings. The van der Waals surface area contributed by atoms with E-state index < -0.39 is 0 Å². The van der Waals surface area contributed by atoms with E-state index in [1.54, 1.807) is 0 Å². The molecule has 75 heavy (non-hydrogen) atoms. The summed E-state index contributed by atoms with van der Waals surface area (Å²) in [6.45, 7) is 0. The van der Waals surface area contributed by atoms with E-state index in [0.717, 1.165) is 77.6 Å². The zero-order chi connectivity index (χ0) is 49.4. The van der Waals surface area contributed by atoms with Crippen LogP contribution < -0.4 is 0 Å². The fourth-order valence-corrected chi connectivity index (χ4v) is 11.4. The molecule has 11 aromatic carbocycles. The van der Waals surface area contributed by atoms with E-state index in [9.17, 15) is 0 Å². The molecule has 0 saturated heterocycles. The Morgan fingerprint density at radius 2 is 0.573 bits per heavy atom. The Hall–Kier alpha value is -10.2. The van der Waals surface area contributed by atoms with Crippen molar-refractivity contribution in [1.29, 1.82) is 0 Å². The maximum atomic E-state index is 5.28. The van der Waals surface area contributed by atoms with Crippen LogP contribution in [0.15, 0.2) is 267 Å². The van der Waals surface area contributed by atoms with Crippen molar-refractivity contribution in [1.82, 2.24) is 28.7 Å². The Labute approximate surface area is 432 Å². The number of hydrogen-bond acceptors (Lipinski definition) is 3. The molecule has 350 valence electrons. The van der Waals surface area contributed by atoms with Gasteiger partial charge in [-0.2, -0.15) is 0 Å². The smallest absolute Gasteiger partial charge is 0.164 e.